The van der Waals surface area contributed by atoms with E-state index in [0.717, 1.165) is 32.8 Å². The summed E-state index contributed by atoms with van der Waals surface area (Å²) in [6.07, 6.45) is 1.09. The summed E-state index contributed by atoms with van der Waals surface area (Å²) >= 11 is 0. The number of hydrogen-bond donors (Lipinski definition) is 1. The standard InChI is InChI=1S/C26H37N3O4S/c1-18(2)15-27-26(31)22(6)28(16-23-11-9-8-10-20(23)4)25(30)17-29(34(7,32)33)24-13-12-19(3)14-21(24)5/h8-14,18,22H,15-17H2,1-7H3,(H,27,31). The van der Waals surface area contributed by atoms with Gasteiger partial charge in [0.05, 0.1) is 11.9 Å². The molecular weight excluding hydrogens is 450 g/mol. The van der Waals surface area contributed by atoms with Crippen molar-refractivity contribution in [1.29, 1.82) is 0 Å². The molecule has 7 nitrogen and oxygen atoms in total. The van der Waals surface area contributed by atoms with E-state index in [0.29, 0.717) is 12.2 Å². The molecule has 0 saturated heterocycles. The van der Waals surface area contributed by atoms with Crippen LogP contribution in [0.15, 0.2) is 42.5 Å². The number of rotatable bonds is 10. The van der Waals surface area contributed by atoms with Crippen molar-refractivity contribution in [2.75, 3.05) is 23.7 Å². The van der Waals surface area contributed by atoms with Crippen LogP contribution in [0, 0.1) is 26.7 Å². The molecule has 0 radical (unpaired) electrons. The van der Waals surface area contributed by atoms with Crippen molar-refractivity contribution in [3.8, 4) is 0 Å². The first-order valence-corrected chi connectivity index (χ1v) is 13.3. The highest BCUT2D eigenvalue weighted by Gasteiger charge is 2.30. The summed E-state index contributed by atoms with van der Waals surface area (Å²) in [6, 6.07) is 12.3. The second-order valence-corrected chi connectivity index (χ2v) is 11.2. The predicted molar refractivity (Wildman–Crippen MR) is 137 cm³/mol. The number of nitrogens with zero attached hydrogens (tertiary/aromatic N) is 2. The van der Waals surface area contributed by atoms with Crippen LogP contribution in [0.1, 0.15) is 43.0 Å². The van der Waals surface area contributed by atoms with Crippen LogP contribution in [-0.4, -0.2) is 50.5 Å². The van der Waals surface area contributed by atoms with Crippen LogP contribution in [0.3, 0.4) is 0 Å². The molecule has 2 rings (SSSR count). The Morgan fingerprint density at radius 1 is 0.971 bits per heavy atom. The Morgan fingerprint density at radius 2 is 1.62 bits per heavy atom. The number of carbonyl (C=O) groups is 2. The zero-order chi connectivity index (χ0) is 25.6. The van der Waals surface area contributed by atoms with Crippen LogP contribution in [0.5, 0.6) is 0 Å². The quantitative estimate of drug-likeness (QED) is 0.555. The molecule has 0 fully saturated rings. The molecular formula is C26H37N3O4S. The van der Waals surface area contributed by atoms with Gasteiger partial charge in [0.25, 0.3) is 0 Å². The SMILES string of the molecule is Cc1ccc(N(CC(=O)N(Cc2ccccc2C)C(C)C(=O)NCC(C)C)S(C)(=O)=O)c(C)c1. The van der Waals surface area contributed by atoms with Crippen molar-refractivity contribution < 1.29 is 18.0 Å². The van der Waals surface area contributed by atoms with Crippen molar-refractivity contribution >= 4 is 27.5 Å². The molecule has 2 aromatic carbocycles. The van der Waals surface area contributed by atoms with Gasteiger partial charge in [0.2, 0.25) is 21.8 Å². The number of benzene rings is 2. The smallest absolute Gasteiger partial charge is 0.244 e. The first-order chi connectivity index (χ1) is 15.8. The van der Waals surface area contributed by atoms with Crippen LogP contribution in [0.25, 0.3) is 0 Å². The molecule has 1 unspecified atom stereocenters. The van der Waals surface area contributed by atoms with Gasteiger partial charge in [-0.1, -0.05) is 55.8 Å². The molecule has 1 N–H and O–H groups in total. The minimum atomic E-state index is -3.75. The summed E-state index contributed by atoms with van der Waals surface area (Å²) in [5.74, 6) is -0.448. The molecule has 0 spiro atoms. The van der Waals surface area contributed by atoms with Gasteiger partial charge in [-0.2, -0.15) is 0 Å². The van der Waals surface area contributed by atoms with E-state index >= 15 is 0 Å². The second kappa shape index (κ2) is 11.5. The fourth-order valence-electron chi connectivity index (χ4n) is 3.69. The molecule has 0 aliphatic rings. The molecule has 0 aliphatic heterocycles. The van der Waals surface area contributed by atoms with E-state index < -0.39 is 28.5 Å². The topological polar surface area (TPSA) is 86.8 Å². The number of nitrogens with one attached hydrogen (secondary N) is 1. The van der Waals surface area contributed by atoms with Crippen molar-refractivity contribution in [3.05, 3.63) is 64.7 Å². The van der Waals surface area contributed by atoms with Crippen LogP contribution in [0.2, 0.25) is 0 Å². The van der Waals surface area contributed by atoms with Gasteiger partial charge in [0.1, 0.15) is 12.6 Å². The molecule has 8 heteroatoms. The molecule has 186 valence electrons. The molecule has 0 aliphatic carbocycles. The third-order valence-corrected chi connectivity index (χ3v) is 6.88. The Hall–Kier alpha value is -2.87. The summed E-state index contributed by atoms with van der Waals surface area (Å²) in [5.41, 5.74) is 4.10. The molecule has 34 heavy (non-hydrogen) atoms. The lowest BCUT2D eigenvalue weighted by atomic mass is 10.1. The van der Waals surface area contributed by atoms with E-state index in [1.54, 1.807) is 13.0 Å². The summed E-state index contributed by atoms with van der Waals surface area (Å²) in [7, 11) is -3.75. The highest BCUT2D eigenvalue weighted by atomic mass is 32.2. The number of amides is 2. The summed E-state index contributed by atoms with van der Waals surface area (Å²) < 4.78 is 26.5. The van der Waals surface area contributed by atoms with Crippen LogP contribution in [0.4, 0.5) is 5.69 Å². The molecule has 0 saturated carbocycles. The van der Waals surface area contributed by atoms with E-state index in [1.807, 2.05) is 71.0 Å². The number of anilines is 1. The van der Waals surface area contributed by atoms with Gasteiger partial charge in [-0.3, -0.25) is 13.9 Å². The van der Waals surface area contributed by atoms with E-state index in [9.17, 15) is 18.0 Å². The third-order valence-electron chi connectivity index (χ3n) is 5.75. The molecule has 2 aromatic rings. The maximum atomic E-state index is 13.6. The Bertz CT molecular complexity index is 1130. The average molecular weight is 488 g/mol. The van der Waals surface area contributed by atoms with E-state index in [4.69, 9.17) is 0 Å². The Balaban J connectivity index is 2.41. The first-order valence-electron chi connectivity index (χ1n) is 11.5. The zero-order valence-electron chi connectivity index (χ0n) is 21.3. The summed E-state index contributed by atoms with van der Waals surface area (Å²) in [4.78, 5) is 27.9. The van der Waals surface area contributed by atoms with Gasteiger partial charge < -0.3 is 10.2 Å². The minimum Gasteiger partial charge on any atom is -0.354 e. The second-order valence-electron chi connectivity index (χ2n) is 9.32. The largest absolute Gasteiger partial charge is 0.354 e. The average Bonchev–Trinajstić information content (AvgIpc) is 2.74. The Morgan fingerprint density at radius 3 is 2.18 bits per heavy atom. The number of hydrogen-bond acceptors (Lipinski definition) is 4. The number of sulfonamides is 1. The monoisotopic (exact) mass is 487 g/mol. The van der Waals surface area contributed by atoms with Crippen LogP contribution >= 0.6 is 0 Å². The number of aryl methyl sites for hydroxylation is 3. The van der Waals surface area contributed by atoms with Gasteiger partial charge >= 0.3 is 0 Å². The van der Waals surface area contributed by atoms with Gasteiger partial charge in [0, 0.05) is 13.1 Å². The zero-order valence-corrected chi connectivity index (χ0v) is 22.1. The summed E-state index contributed by atoms with van der Waals surface area (Å²) in [6.45, 7) is 11.7. The van der Waals surface area contributed by atoms with E-state index in [1.165, 1.54) is 4.90 Å². The van der Waals surface area contributed by atoms with Gasteiger partial charge in [-0.05, 0) is 56.4 Å². The minimum absolute atomic E-state index is 0.201. The van der Waals surface area contributed by atoms with Crippen molar-refractivity contribution in [2.45, 2.75) is 54.1 Å². The lowest BCUT2D eigenvalue weighted by Gasteiger charge is -2.32. The Kier molecular flexibility index (Phi) is 9.27. The first kappa shape index (κ1) is 27.4. The highest BCUT2D eigenvalue weighted by molar-refractivity contribution is 7.92. The van der Waals surface area contributed by atoms with Gasteiger partial charge in [-0.15, -0.1) is 0 Å². The fourth-order valence-corrected chi connectivity index (χ4v) is 4.59. The lowest BCUT2D eigenvalue weighted by Crippen LogP contribution is -2.51. The van der Waals surface area contributed by atoms with Gasteiger partial charge in [0.15, 0.2) is 0 Å². The lowest BCUT2D eigenvalue weighted by molar-refractivity contribution is -0.139. The normalized spacial score (nSPS) is 12.4. The third kappa shape index (κ3) is 7.32. The highest BCUT2D eigenvalue weighted by Crippen LogP contribution is 2.24. The van der Waals surface area contributed by atoms with E-state index in [2.05, 4.69) is 5.32 Å². The van der Waals surface area contributed by atoms with E-state index in [-0.39, 0.29) is 18.4 Å². The fraction of sp³-hybridized carbons (Fsp3) is 0.462. The molecule has 2 amide bonds. The maximum Gasteiger partial charge on any atom is 0.244 e. The summed E-state index contributed by atoms with van der Waals surface area (Å²) in [5, 5.41) is 2.88. The van der Waals surface area contributed by atoms with Gasteiger partial charge in [-0.25, -0.2) is 8.42 Å². The van der Waals surface area contributed by atoms with Crippen LogP contribution in [-0.2, 0) is 26.2 Å². The number of carbonyl (C=O) groups excluding carboxylic acids is 2. The van der Waals surface area contributed by atoms with Crippen LogP contribution < -0.4 is 9.62 Å². The maximum absolute atomic E-state index is 13.6. The molecule has 0 bridgehead atoms. The Labute approximate surface area is 204 Å². The van der Waals surface area contributed by atoms with Crippen molar-refractivity contribution in [2.24, 2.45) is 5.92 Å². The molecule has 0 aromatic heterocycles. The van der Waals surface area contributed by atoms with Crippen molar-refractivity contribution in [1.82, 2.24) is 10.2 Å². The predicted octanol–water partition coefficient (Wildman–Crippen LogP) is 3.57. The molecule has 0 heterocycles. The van der Waals surface area contributed by atoms with Crippen molar-refractivity contribution in [3.63, 3.8) is 0 Å². The molecule has 1 atom stereocenters.